The average molecular weight is 244 g/mol. The molecule has 0 heterocycles. The second kappa shape index (κ2) is 11.1. The predicted molar refractivity (Wildman–Crippen MR) is 59.8 cm³/mol. The zero-order valence-electron chi connectivity index (χ0n) is 10.8. The molecule has 0 aliphatic rings. The number of hydrogen-bond donors (Lipinski definition) is 1. The second-order valence-electron chi connectivity index (χ2n) is 3.44. The number of allylic oxidation sites excluding steroid dienone is 1. The third kappa shape index (κ3) is 17.3. The van der Waals surface area contributed by atoms with E-state index in [1.54, 1.807) is 0 Å². The minimum atomic E-state index is -3.91. The monoisotopic (exact) mass is 244 g/mol. The molecule has 0 amide bonds. The SMILES string of the molecule is CCCCCCCCC=CS(=O)(=O)O.[H-].[Na+]. The van der Waals surface area contributed by atoms with Crippen LogP contribution in [0.3, 0.4) is 0 Å². The molecule has 0 atom stereocenters. The van der Waals surface area contributed by atoms with Crippen LogP contribution in [0.2, 0.25) is 0 Å². The number of hydrogen-bond acceptors (Lipinski definition) is 2. The minimum Gasteiger partial charge on any atom is -1.00 e. The van der Waals surface area contributed by atoms with Crippen molar-refractivity contribution in [2.45, 2.75) is 51.9 Å². The van der Waals surface area contributed by atoms with Crippen molar-refractivity contribution in [3.8, 4) is 0 Å². The Hall–Kier alpha value is 0.650. The smallest absolute Gasteiger partial charge is 1.00 e. The molecule has 0 aliphatic heterocycles. The fourth-order valence-electron chi connectivity index (χ4n) is 1.23. The van der Waals surface area contributed by atoms with Gasteiger partial charge in [0.15, 0.2) is 0 Å². The van der Waals surface area contributed by atoms with Crippen LogP contribution in [-0.4, -0.2) is 13.0 Å². The maximum absolute atomic E-state index is 10.3. The van der Waals surface area contributed by atoms with E-state index in [1.165, 1.54) is 31.8 Å². The van der Waals surface area contributed by atoms with E-state index in [2.05, 4.69) is 6.92 Å². The summed E-state index contributed by atoms with van der Waals surface area (Å²) in [5, 5.41) is 0.860. The van der Waals surface area contributed by atoms with Crippen LogP contribution in [0.15, 0.2) is 11.5 Å². The predicted octanol–water partition coefficient (Wildman–Crippen LogP) is 0.255. The summed E-state index contributed by atoms with van der Waals surface area (Å²) in [7, 11) is -3.91. The molecule has 0 radical (unpaired) electrons. The summed E-state index contributed by atoms with van der Waals surface area (Å²) in [5.41, 5.74) is 0. The summed E-state index contributed by atoms with van der Waals surface area (Å²) in [4.78, 5) is 0. The van der Waals surface area contributed by atoms with Crippen molar-refractivity contribution in [3.63, 3.8) is 0 Å². The standard InChI is InChI=1S/C10H20O3S.Na.H/c1-2-3-4-5-6-7-8-9-10-14(11,12)13;;/h9-10H,2-8H2,1H3,(H,11,12,13);;/q;+1;-1. The molecule has 0 rings (SSSR count). The number of unbranched alkanes of at least 4 members (excludes halogenated alkanes) is 6. The fraction of sp³-hybridized carbons (Fsp3) is 0.800. The molecule has 0 aromatic heterocycles. The van der Waals surface area contributed by atoms with Crippen LogP contribution in [0.25, 0.3) is 0 Å². The van der Waals surface area contributed by atoms with Crippen molar-refractivity contribution in [2.75, 3.05) is 0 Å². The summed E-state index contributed by atoms with van der Waals surface area (Å²) in [5.74, 6) is 0. The van der Waals surface area contributed by atoms with E-state index in [0.29, 0.717) is 0 Å². The van der Waals surface area contributed by atoms with Gasteiger partial charge >= 0.3 is 29.6 Å². The third-order valence-electron chi connectivity index (χ3n) is 1.99. The van der Waals surface area contributed by atoms with Gasteiger partial charge in [-0.2, -0.15) is 8.42 Å². The van der Waals surface area contributed by atoms with Gasteiger partial charge in [0, 0.05) is 0 Å². The molecule has 15 heavy (non-hydrogen) atoms. The summed E-state index contributed by atoms with van der Waals surface area (Å²) < 4.78 is 28.9. The van der Waals surface area contributed by atoms with Crippen molar-refractivity contribution >= 4 is 10.1 Å². The molecule has 0 aromatic carbocycles. The van der Waals surface area contributed by atoms with E-state index in [9.17, 15) is 8.42 Å². The Balaban J connectivity index is -0.000000845. The van der Waals surface area contributed by atoms with Gasteiger partial charge in [0.1, 0.15) is 0 Å². The Morgan fingerprint density at radius 3 is 2.20 bits per heavy atom. The molecule has 0 saturated heterocycles. The Morgan fingerprint density at radius 1 is 1.13 bits per heavy atom. The second-order valence-corrected chi connectivity index (χ2v) is 4.75. The summed E-state index contributed by atoms with van der Waals surface area (Å²) in [6, 6.07) is 0. The van der Waals surface area contributed by atoms with Crippen molar-refractivity contribution in [2.24, 2.45) is 0 Å². The van der Waals surface area contributed by atoms with E-state index in [-0.39, 0.29) is 31.0 Å². The molecule has 0 fully saturated rings. The van der Waals surface area contributed by atoms with Gasteiger partial charge in [-0.25, -0.2) is 0 Å². The van der Waals surface area contributed by atoms with E-state index in [1.807, 2.05) is 0 Å². The van der Waals surface area contributed by atoms with Gasteiger partial charge in [0.05, 0.1) is 5.41 Å². The van der Waals surface area contributed by atoms with E-state index in [4.69, 9.17) is 4.55 Å². The maximum atomic E-state index is 10.3. The van der Waals surface area contributed by atoms with E-state index < -0.39 is 10.1 Å². The molecule has 0 saturated carbocycles. The Labute approximate surface area is 117 Å². The van der Waals surface area contributed by atoms with Crippen LogP contribution < -0.4 is 29.6 Å². The van der Waals surface area contributed by atoms with Crippen LogP contribution in [-0.2, 0) is 10.1 Å². The van der Waals surface area contributed by atoms with E-state index >= 15 is 0 Å². The molecule has 0 unspecified atom stereocenters. The van der Waals surface area contributed by atoms with Crippen LogP contribution in [0.1, 0.15) is 53.3 Å². The average Bonchev–Trinajstić information content (AvgIpc) is 2.08. The fourth-order valence-corrected chi connectivity index (χ4v) is 1.61. The van der Waals surface area contributed by atoms with Gasteiger partial charge < -0.3 is 1.43 Å². The van der Waals surface area contributed by atoms with Crippen LogP contribution in [0.5, 0.6) is 0 Å². The van der Waals surface area contributed by atoms with Crippen molar-refractivity contribution < 1.29 is 44.0 Å². The molecule has 3 nitrogen and oxygen atoms in total. The molecular formula is C10H21NaO3S. The topological polar surface area (TPSA) is 54.4 Å². The molecule has 0 aromatic rings. The molecule has 5 heteroatoms. The van der Waals surface area contributed by atoms with Crippen molar-refractivity contribution in [3.05, 3.63) is 11.5 Å². The van der Waals surface area contributed by atoms with Gasteiger partial charge in [-0.05, 0) is 12.8 Å². The van der Waals surface area contributed by atoms with Gasteiger partial charge in [-0.3, -0.25) is 4.55 Å². The Kier molecular flexibility index (Phi) is 13.4. The van der Waals surface area contributed by atoms with Gasteiger partial charge in [0.25, 0.3) is 10.1 Å². The van der Waals surface area contributed by atoms with Crippen LogP contribution in [0, 0.1) is 0 Å². The van der Waals surface area contributed by atoms with Gasteiger partial charge in [-0.1, -0.05) is 45.1 Å². The van der Waals surface area contributed by atoms with Crippen LogP contribution >= 0.6 is 0 Å². The Morgan fingerprint density at radius 2 is 1.67 bits per heavy atom. The first-order chi connectivity index (χ1) is 6.56. The first kappa shape index (κ1) is 18.0. The Bertz CT molecular complexity index is 253. The normalized spacial score (nSPS) is 11.6. The zero-order chi connectivity index (χ0) is 10.9. The largest absolute Gasteiger partial charge is 1.00 e. The molecule has 1 N–H and O–H groups in total. The van der Waals surface area contributed by atoms with Crippen molar-refractivity contribution in [1.29, 1.82) is 0 Å². The first-order valence-electron chi connectivity index (χ1n) is 5.20. The molecular weight excluding hydrogens is 223 g/mol. The quantitative estimate of drug-likeness (QED) is 0.378. The van der Waals surface area contributed by atoms with Gasteiger partial charge in [-0.15, -0.1) is 0 Å². The van der Waals surface area contributed by atoms with Crippen molar-refractivity contribution in [1.82, 2.24) is 0 Å². The molecule has 0 bridgehead atoms. The molecule has 0 aliphatic carbocycles. The van der Waals surface area contributed by atoms with Crippen LogP contribution in [0.4, 0.5) is 0 Å². The number of rotatable bonds is 8. The summed E-state index contributed by atoms with van der Waals surface area (Å²) in [6.07, 6.45) is 9.36. The summed E-state index contributed by atoms with van der Waals surface area (Å²) in [6.45, 7) is 2.18. The summed E-state index contributed by atoms with van der Waals surface area (Å²) >= 11 is 0. The van der Waals surface area contributed by atoms with Gasteiger partial charge in [0.2, 0.25) is 0 Å². The first-order valence-corrected chi connectivity index (χ1v) is 6.70. The zero-order valence-corrected chi connectivity index (χ0v) is 12.6. The molecule has 0 spiro atoms. The maximum Gasteiger partial charge on any atom is 1.00 e. The third-order valence-corrected chi connectivity index (χ3v) is 2.53. The molecule has 86 valence electrons. The van der Waals surface area contributed by atoms with E-state index in [0.717, 1.165) is 24.7 Å². The minimum absolute atomic E-state index is 0.